The maximum absolute atomic E-state index is 12.3. The smallest absolute Gasteiger partial charge is 0.339 e. The van der Waals surface area contributed by atoms with Crippen LogP contribution in [0.25, 0.3) is 11.4 Å². The normalized spacial score (nSPS) is 10.4. The molecule has 0 unspecified atom stereocenters. The molecule has 1 heterocycles. The van der Waals surface area contributed by atoms with E-state index in [1.165, 1.54) is 17.5 Å². The molecule has 3 aromatic rings. The van der Waals surface area contributed by atoms with Gasteiger partial charge in [-0.1, -0.05) is 43.3 Å². The number of anilines is 1. The summed E-state index contributed by atoms with van der Waals surface area (Å²) in [4.78, 5) is 25.3. The number of nitrogens with zero attached hydrogens (tertiary/aromatic N) is 4. The molecule has 0 fully saturated rings. The number of methoxy groups -OCH3 is 1. The molecule has 0 atom stereocenters. The molecule has 3 rings (SSSR count). The number of hydrogen-bond donors (Lipinski definition) is 1. The molecule has 0 radical (unpaired) electrons. The van der Waals surface area contributed by atoms with Crippen molar-refractivity contribution in [2.45, 2.75) is 19.9 Å². The van der Waals surface area contributed by atoms with Crippen LogP contribution in [0.5, 0.6) is 0 Å². The first-order chi connectivity index (χ1) is 13.1. The van der Waals surface area contributed by atoms with E-state index in [4.69, 9.17) is 4.74 Å². The molecule has 8 nitrogen and oxygen atoms in total. The molecule has 0 saturated carbocycles. The number of para-hydroxylation sites is 1. The Morgan fingerprint density at radius 3 is 2.56 bits per heavy atom. The molecule has 1 aromatic heterocycles. The highest BCUT2D eigenvalue weighted by atomic mass is 16.5. The summed E-state index contributed by atoms with van der Waals surface area (Å²) in [7, 11) is 1.29. The number of nitrogens with one attached hydrogen (secondary N) is 1. The Bertz CT molecular complexity index is 950. The van der Waals surface area contributed by atoms with Crippen LogP contribution in [-0.2, 0) is 22.5 Å². The molecular weight excluding hydrogens is 346 g/mol. The minimum absolute atomic E-state index is 0.129. The van der Waals surface area contributed by atoms with Gasteiger partial charge in [0.2, 0.25) is 11.7 Å². The van der Waals surface area contributed by atoms with Gasteiger partial charge in [-0.2, -0.15) is 4.80 Å². The van der Waals surface area contributed by atoms with Crippen LogP contribution in [0.15, 0.2) is 48.5 Å². The second kappa shape index (κ2) is 8.22. The topological polar surface area (TPSA) is 99.0 Å². The molecule has 8 heteroatoms. The number of esters is 1. The quantitative estimate of drug-likeness (QED) is 0.673. The summed E-state index contributed by atoms with van der Waals surface area (Å²) in [5.74, 6) is -0.459. The van der Waals surface area contributed by atoms with Gasteiger partial charge >= 0.3 is 5.97 Å². The number of ether oxygens (including phenoxy) is 1. The minimum Gasteiger partial charge on any atom is -0.465 e. The predicted octanol–water partition coefficient (Wildman–Crippen LogP) is 2.33. The van der Waals surface area contributed by atoms with E-state index in [1.54, 1.807) is 24.3 Å². The molecule has 138 valence electrons. The van der Waals surface area contributed by atoms with Crippen molar-refractivity contribution in [1.82, 2.24) is 20.2 Å². The molecule has 1 N–H and O–H groups in total. The molecule has 0 spiro atoms. The lowest BCUT2D eigenvalue weighted by Crippen LogP contribution is -2.22. The van der Waals surface area contributed by atoms with Gasteiger partial charge in [0.25, 0.3) is 0 Å². The number of hydrogen-bond acceptors (Lipinski definition) is 6. The largest absolute Gasteiger partial charge is 0.465 e. The fourth-order valence-corrected chi connectivity index (χ4v) is 2.51. The maximum Gasteiger partial charge on any atom is 0.339 e. The number of carbonyl (C=O) groups excluding carboxylic acids is 2. The first kappa shape index (κ1) is 18.2. The molecule has 2 aromatic carbocycles. The van der Waals surface area contributed by atoms with Crippen LogP contribution in [0, 0.1) is 0 Å². The average Bonchev–Trinajstić information content (AvgIpc) is 3.16. The Balaban J connectivity index is 1.69. The van der Waals surface area contributed by atoms with E-state index in [2.05, 4.69) is 27.7 Å². The number of rotatable bonds is 6. The van der Waals surface area contributed by atoms with Crippen molar-refractivity contribution in [2.75, 3.05) is 12.4 Å². The minimum atomic E-state index is -0.525. The first-order valence-corrected chi connectivity index (χ1v) is 8.45. The highest BCUT2D eigenvalue weighted by molar-refractivity contribution is 6.01. The summed E-state index contributed by atoms with van der Waals surface area (Å²) in [5, 5.41) is 14.8. The van der Waals surface area contributed by atoms with Crippen molar-refractivity contribution in [3.8, 4) is 11.4 Å². The second-order valence-corrected chi connectivity index (χ2v) is 5.78. The third kappa shape index (κ3) is 4.35. The molecule has 0 bridgehead atoms. The lowest BCUT2D eigenvalue weighted by atomic mass is 10.1. The van der Waals surface area contributed by atoms with Crippen LogP contribution in [0.4, 0.5) is 5.69 Å². The van der Waals surface area contributed by atoms with Crippen LogP contribution < -0.4 is 5.32 Å². The van der Waals surface area contributed by atoms with Gasteiger partial charge in [-0.15, -0.1) is 10.2 Å². The third-order valence-corrected chi connectivity index (χ3v) is 3.96. The predicted molar refractivity (Wildman–Crippen MR) is 99.0 cm³/mol. The summed E-state index contributed by atoms with van der Waals surface area (Å²) in [5.41, 5.74) is 2.69. The van der Waals surface area contributed by atoms with Crippen LogP contribution in [0.3, 0.4) is 0 Å². The SMILES string of the molecule is CCc1ccc(-c2nnn(CC(=O)Nc3ccccc3C(=O)OC)n2)cc1. The van der Waals surface area contributed by atoms with Crippen LogP contribution in [0.2, 0.25) is 0 Å². The number of aryl methyl sites for hydroxylation is 1. The zero-order valence-electron chi connectivity index (χ0n) is 15.0. The number of amides is 1. The molecule has 0 aliphatic heterocycles. The molecule has 1 amide bonds. The van der Waals surface area contributed by atoms with E-state index in [1.807, 2.05) is 24.3 Å². The Morgan fingerprint density at radius 1 is 1.11 bits per heavy atom. The van der Waals surface area contributed by atoms with Crippen molar-refractivity contribution in [2.24, 2.45) is 0 Å². The van der Waals surface area contributed by atoms with Crippen LogP contribution >= 0.6 is 0 Å². The van der Waals surface area contributed by atoms with E-state index in [9.17, 15) is 9.59 Å². The maximum atomic E-state index is 12.3. The number of tetrazole rings is 1. The fourth-order valence-electron chi connectivity index (χ4n) is 2.51. The molecule has 27 heavy (non-hydrogen) atoms. The third-order valence-electron chi connectivity index (χ3n) is 3.96. The highest BCUT2D eigenvalue weighted by Gasteiger charge is 2.14. The lowest BCUT2D eigenvalue weighted by molar-refractivity contribution is -0.117. The van der Waals surface area contributed by atoms with Crippen LogP contribution in [0.1, 0.15) is 22.8 Å². The Hall–Kier alpha value is -3.55. The number of carbonyl (C=O) groups is 2. The zero-order chi connectivity index (χ0) is 19.2. The fraction of sp³-hybridized carbons (Fsp3) is 0.211. The van der Waals surface area contributed by atoms with E-state index in [-0.39, 0.29) is 18.0 Å². The van der Waals surface area contributed by atoms with Gasteiger partial charge in [-0.3, -0.25) is 4.79 Å². The summed E-state index contributed by atoms with van der Waals surface area (Å²) in [6.07, 6.45) is 0.952. The summed E-state index contributed by atoms with van der Waals surface area (Å²) in [6.45, 7) is 1.95. The van der Waals surface area contributed by atoms with Gasteiger partial charge in [-0.25, -0.2) is 4.79 Å². The van der Waals surface area contributed by atoms with Crippen molar-refractivity contribution in [3.63, 3.8) is 0 Å². The van der Waals surface area contributed by atoms with E-state index >= 15 is 0 Å². The van der Waals surface area contributed by atoms with Crippen molar-refractivity contribution in [1.29, 1.82) is 0 Å². The van der Waals surface area contributed by atoms with Gasteiger partial charge in [-0.05, 0) is 29.3 Å². The molecule has 0 saturated heterocycles. The average molecular weight is 365 g/mol. The molecule has 0 aliphatic rings. The van der Waals surface area contributed by atoms with Crippen molar-refractivity contribution >= 4 is 17.6 Å². The highest BCUT2D eigenvalue weighted by Crippen LogP contribution is 2.17. The van der Waals surface area contributed by atoms with Gasteiger partial charge in [0, 0.05) is 5.56 Å². The molecule has 0 aliphatic carbocycles. The standard InChI is InChI=1S/C19H19N5O3/c1-3-13-8-10-14(11-9-13)18-21-23-24(22-18)12-17(25)20-16-7-5-4-6-15(16)19(26)27-2/h4-11H,3,12H2,1-2H3,(H,20,25). The monoisotopic (exact) mass is 365 g/mol. The lowest BCUT2D eigenvalue weighted by Gasteiger charge is -2.08. The van der Waals surface area contributed by atoms with Crippen molar-refractivity contribution < 1.29 is 14.3 Å². The number of aromatic nitrogens is 4. The summed E-state index contributed by atoms with van der Waals surface area (Å²) < 4.78 is 4.72. The van der Waals surface area contributed by atoms with Gasteiger partial charge in [0.05, 0.1) is 18.4 Å². The first-order valence-electron chi connectivity index (χ1n) is 8.45. The Labute approximate surface area is 156 Å². The van der Waals surface area contributed by atoms with Crippen LogP contribution in [-0.4, -0.2) is 39.2 Å². The Kier molecular flexibility index (Phi) is 5.55. The number of benzene rings is 2. The Morgan fingerprint density at radius 2 is 1.85 bits per heavy atom. The molecular formula is C19H19N5O3. The van der Waals surface area contributed by atoms with E-state index < -0.39 is 5.97 Å². The summed E-state index contributed by atoms with van der Waals surface area (Å²) >= 11 is 0. The van der Waals surface area contributed by atoms with Gasteiger partial charge in [0.1, 0.15) is 6.54 Å². The summed E-state index contributed by atoms with van der Waals surface area (Å²) in [6, 6.07) is 14.5. The van der Waals surface area contributed by atoms with Gasteiger partial charge < -0.3 is 10.1 Å². The van der Waals surface area contributed by atoms with Crippen molar-refractivity contribution in [3.05, 3.63) is 59.7 Å². The van der Waals surface area contributed by atoms with E-state index in [0.717, 1.165) is 12.0 Å². The van der Waals surface area contributed by atoms with E-state index in [0.29, 0.717) is 11.5 Å². The van der Waals surface area contributed by atoms with Gasteiger partial charge in [0.15, 0.2) is 0 Å². The second-order valence-electron chi connectivity index (χ2n) is 5.78. The zero-order valence-corrected chi connectivity index (χ0v) is 15.0.